The van der Waals surface area contributed by atoms with Crippen molar-refractivity contribution in [3.05, 3.63) is 87.5 Å². The number of halogens is 2. The minimum Gasteiger partial charge on any atom is -0.489 e. The van der Waals surface area contributed by atoms with Crippen LogP contribution in [0, 0.1) is 11.6 Å². The Kier molecular flexibility index (Phi) is 5.06. The van der Waals surface area contributed by atoms with Gasteiger partial charge in [0, 0.05) is 60.0 Å². The number of hydrogen-bond donors (Lipinski definition) is 1. The van der Waals surface area contributed by atoms with Gasteiger partial charge in [0.1, 0.15) is 35.5 Å². The summed E-state index contributed by atoms with van der Waals surface area (Å²) in [6.45, 7) is -0.149. The van der Waals surface area contributed by atoms with E-state index in [1.165, 1.54) is 22.9 Å². The standard InChI is InChI=1S/C26H22F2N4O4/c1-30-21-11-16-4-6-20(32(16)26(34)35)24(21)18-5-7-22(29-25(18)30)31-9-8-17(12-23(31)33)36-13-14-2-3-15(27)10-19(14)28/h2-3,5,7-10,12,16,20H,4,6,11,13H2,1H3,(H,34,35). The van der Waals surface area contributed by atoms with Gasteiger partial charge in [-0.1, -0.05) is 0 Å². The van der Waals surface area contributed by atoms with E-state index in [0.29, 0.717) is 17.9 Å². The Labute approximate surface area is 204 Å². The summed E-state index contributed by atoms with van der Waals surface area (Å²) in [5, 5.41) is 10.6. The fraction of sp³-hybridized carbons (Fsp3) is 0.269. The number of carboxylic acid groups (broad SMARTS) is 1. The summed E-state index contributed by atoms with van der Waals surface area (Å²) in [5.74, 6) is -0.720. The van der Waals surface area contributed by atoms with Crippen LogP contribution in [-0.2, 0) is 20.1 Å². The van der Waals surface area contributed by atoms with Crippen LogP contribution in [0.4, 0.5) is 13.6 Å². The molecule has 3 aromatic heterocycles. The van der Waals surface area contributed by atoms with Crippen LogP contribution in [0.3, 0.4) is 0 Å². The molecule has 36 heavy (non-hydrogen) atoms. The fourth-order valence-corrected chi connectivity index (χ4v) is 5.54. The summed E-state index contributed by atoms with van der Waals surface area (Å²) in [5.41, 5.74) is 2.58. The van der Waals surface area contributed by atoms with Gasteiger partial charge >= 0.3 is 6.09 Å². The minimum atomic E-state index is -0.897. The van der Waals surface area contributed by atoms with E-state index >= 15 is 0 Å². The van der Waals surface area contributed by atoms with Crippen molar-refractivity contribution in [1.29, 1.82) is 0 Å². The number of aromatic nitrogens is 3. The first-order chi connectivity index (χ1) is 17.3. The van der Waals surface area contributed by atoms with Crippen molar-refractivity contribution >= 4 is 17.1 Å². The molecule has 0 radical (unpaired) electrons. The second kappa shape index (κ2) is 8.18. The highest BCUT2D eigenvalue weighted by Gasteiger charge is 2.45. The van der Waals surface area contributed by atoms with Gasteiger partial charge in [-0.2, -0.15) is 0 Å². The molecule has 10 heteroatoms. The van der Waals surface area contributed by atoms with Crippen molar-refractivity contribution in [3.63, 3.8) is 0 Å². The molecule has 8 nitrogen and oxygen atoms in total. The van der Waals surface area contributed by atoms with E-state index in [2.05, 4.69) is 0 Å². The second-order valence-corrected chi connectivity index (χ2v) is 9.20. The third-order valence-electron chi connectivity index (χ3n) is 7.22. The first kappa shape index (κ1) is 22.3. The van der Waals surface area contributed by atoms with Crippen molar-refractivity contribution < 1.29 is 23.4 Å². The molecular weight excluding hydrogens is 470 g/mol. The molecule has 2 atom stereocenters. The number of hydrogen-bond acceptors (Lipinski definition) is 4. The zero-order valence-corrected chi connectivity index (χ0v) is 19.3. The number of fused-ring (bicyclic) bond motifs is 6. The number of benzene rings is 1. The van der Waals surface area contributed by atoms with Gasteiger partial charge in [0.05, 0.1) is 6.04 Å². The highest BCUT2D eigenvalue weighted by molar-refractivity contribution is 5.85. The predicted octanol–water partition coefficient (Wildman–Crippen LogP) is 4.32. The van der Waals surface area contributed by atoms with Crippen LogP contribution in [0.25, 0.3) is 16.9 Å². The van der Waals surface area contributed by atoms with Crippen molar-refractivity contribution in [2.75, 3.05) is 0 Å². The lowest BCUT2D eigenvalue weighted by Gasteiger charge is -2.33. The van der Waals surface area contributed by atoms with E-state index in [1.807, 2.05) is 17.7 Å². The number of amides is 1. The topological polar surface area (TPSA) is 89.6 Å². The summed E-state index contributed by atoms with van der Waals surface area (Å²) in [6, 6.07) is 9.51. The van der Waals surface area contributed by atoms with Crippen LogP contribution in [0.2, 0.25) is 0 Å². The summed E-state index contributed by atoms with van der Waals surface area (Å²) in [7, 11) is 1.92. The van der Waals surface area contributed by atoms with Gasteiger partial charge in [-0.05, 0) is 43.2 Å². The average Bonchev–Trinajstić information content (AvgIpc) is 3.31. The maximum atomic E-state index is 13.8. The van der Waals surface area contributed by atoms with E-state index < -0.39 is 17.7 Å². The normalized spacial score (nSPS) is 18.5. The summed E-state index contributed by atoms with van der Waals surface area (Å²) >= 11 is 0. The van der Waals surface area contributed by atoms with Gasteiger partial charge in [0.15, 0.2) is 0 Å². The van der Waals surface area contributed by atoms with Crippen molar-refractivity contribution in [1.82, 2.24) is 19.0 Å². The van der Waals surface area contributed by atoms with Crippen LogP contribution >= 0.6 is 0 Å². The number of rotatable bonds is 4. The highest BCUT2D eigenvalue weighted by Crippen LogP contribution is 2.47. The molecule has 4 aromatic rings. The number of nitrogens with zero attached hydrogens (tertiary/aromatic N) is 4. The molecule has 2 bridgehead atoms. The largest absolute Gasteiger partial charge is 0.489 e. The highest BCUT2D eigenvalue weighted by atomic mass is 19.1. The van der Waals surface area contributed by atoms with Gasteiger partial charge in [-0.15, -0.1) is 0 Å². The molecule has 1 aromatic carbocycles. The zero-order chi connectivity index (χ0) is 25.1. The summed E-state index contributed by atoms with van der Waals surface area (Å²) in [6.07, 6.45) is 2.90. The average molecular weight is 492 g/mol. The lowest BCUT2D eigenvalue weighted by atomic mass is 9.98. The molecule has 0 spiro atoms. The Bertz CT molecular complexity index is 1600. The molecule has 1 fully saturated rings. The number of pyridine rings is 2. The Morgan fingerprint density at radius 2 is 2.00 bits per heavy atom. The second-order valence-electron chi connectivity index (χ2n) is 9.20. The van der Waals surface area contributed by atoms with Gasteiger partial charge in [0.2, 0.25) is 0 Å². The molecule has 1 saturated heterocycles. The van der Waals surface area contributed by atoms with Gasteiger partial charge < -0.3 is 14.4 Å². The molecule has 2 aliphatic heterocycles. The van der Waals surface area contributed by atoms with E-state index in [0.717, 1.165) is 41.6 Å². The van der Waals surface area contributed by atoms with Crippen LogP contribution in [0.5, 0.6) is 5.75 Å². The smallest absolute Gasteiger partial charge is 0.408 e. The lowest BCUT2D eigenvalue weighted by molar-refractivity contribution is 0.116. The fourth-order valence-electron chi connectivity index (χ4n) is 5.54. The van der Waals surface area contributed by atoms with Crippen molar-refractivity contribution in [2.24, 2.45) is 7.05 Å². The molecule has 1 N–H and O–H groups in total. The van der Waals surface area contributed by atoms with E-state index in [1.54, 1.807) is 17.0 Å². The third-order valence-corrected chi connectivity index (χ3v) is 7.22. The molecule has 5 heterocycles. The summed E-state index contributed by atoms with van der Waals surface area (Å²) < 4.78 is 35.8. The Morgan fingerprint density at radius 3 is 2.75 bits per heavy atom. The maximum Gasteiger partial charge on any atom is 0.408 e. The van der Waals surface area contributed by atoms with Gasteiger partial charge in [0.25, 0.3) is 5.56 Å². The lowest BCUT2D eigenvalue weighted by Crippen LogP contribution is -2.41. The molecular formula is C26H22F2N4O4. The van der Waals surface area contributed by atoms with Crippen LogP contribution < -0.4 is 10.3 Å². The molecule has 0 saturated carbocycles. The quantitative estimate of drug-likeness (QED) is 0.458. The van der Waals surface area contributed by atoms with Gasteiger partial charge in [-0.3, -0.25) is 14.3 Å². The maximum absolute atomic E-state index is 13.8. The number of carbonyl (C=O) groups is 1. The molecule has 2 aliphatic rings. The molecule has 6 rings (SSSR count). The predicted molar refractivity (Wildman–Crippen MR) is 126 cm³/mol. The Morgan fingerprint density at radius 1 is 1.17 bits per heavy atom. The monoisotopic (exact) mass is 492 g/mol. The summed E-state index contributed by atoms with van der Waals surface area (Å²) in [4.78, 5) is 31.0. The molecule has 2 unspecified atom stereocenters. The molecule has 1 amide bonds. The van der Waals surface area contributed by atoms with E-state index in [-0.39, 0.29) is 35.6 Å². The van der Waals surface area contributed by atoms with E-state index in [4.69, 9.17) is 9.72 Å². The first-order valence-electron chi connectivity index (χ1n) is 11.6. The van der Waals surface area contributed by atoms with Crippen molar-refractivity contribution in [2.45, 2.75) is 38.0 Å². The first-order valence-corrected chi connectivity index (χ1v) is 11.6. The Hall–Kier alpha value is -4.21. The number of aryl methyl sites for hydroxylation is 1. The molecule has 184 valence electrons. The SMILES string of the molecule is Cn1c2c(c3ccc(-n4ccc(OCc5ccc(F)cc5F)cc4=O)nc31)C1CCC(C2)N1C(=O)O. The number of ether oxygens (including phenoxy) is 1. The van der Waals surface area contributed by atoms with Crippen LogP contribution in [0.15, 0.2) is 53.5 Å². The third kappa shape index (κ3) is 3.43. The zero-order valence-electron chi connectivity index (χ0n) is 19.3. The van der Waals surface area contributed by atoms with Crippen LogP contribution in [-0.4, -0.2) is 36.3 Å². The van der Waals surface area contributed by atoms with Gasteiger partial charge in [-0.25, -0.2) is 18.6 Å². The van der Waals surface area contributed by atoms with Crippen molar-refractivity contribution in [3.8, 4) is 11.6 Å². The Balaban J connectivity index is 1.31. The van der Waals surface area contributed by atoms with E-state index in [9.17, 15) is 23.5 Å². The van der Waals surface area contributed by atoms with Crippen LogP contribution in [0.1, 0.15) is 35.7 Å². The minimum absolute atomic E-state index is 0.0268. The molecule has 0 aliphatic carbocycles.